The standard InChI is InChI=1S/C18H28N2O4S/c1-16(2,21)11-14(13-8-7-9-19-12-13)10-15-20-25(22,23)18(5,6)17(3,4)24-15/h7-9,12,14,21H,10-11H2,1-6H3/t14-/m0/s1. The lowest BCUT2D eigenvalue weighted by Gasteiger charge is -2.43. The van der Waals surface area contributed by atoms with Crippen molar-refractivity contribution >= 4 is 15.9 Å². The maximum Gasteiger partial charge on any atom is 0.265 e. The van der Waals surface area contributed by atoms with Gasteiger partial charge in [-0.25, -0.2) is 8.42 Å². The van der Waals surface area contributed by atoms with E-state index in [4.69, 9.17) is 4.74 Å². The van der Waals surface area contributed by atoms with E-state index < -0.39 is 26.0 Å². The Morgan fingerprint density at radius 1 is 1.28 bits per heavy atom. The molecule has 1 aliphatic heterocycles. The number of aliphatic hydroxyl groups is 1. The van der Waals surface area contributed by atoms with E-state index in [0.29, 0.717) is 6.42 Å². The lowest BCUT2D eigenvalue weighted by Crippen LogP contribution is -2.56. The molecule has 0 unspecified atom stereocenters. The molecule has 25 heavy (non-hydrogen) atoms. The molecule has 0 bridgehead atoms. The number of rotatable bonds is 5. The summed E-state index contributed by atoms with van der Waals surface area (Å²) in [4.78, 5) is 4.13. The third-order valence-corrected chi connectivity index (χ3v) is 7.24. The zero-order valence-electron chi connectivity index (χ0n) is 15.8. The molecule has 7 heteroatoms. The van der Waals surface area contributed by atoms with Crippen LogP contribution in [0.3, 0.4) is 0 Å². The predicted molar refractivity (Wildman–Crippen MR) is 98.1 cm³/mol. The summed E-state index contributed by atoms with van der Waals surface area (Å²) < 4.78 is 34.0. The van der Waals surface area contributed by atoms with Crippen LogP contribution in [-0.4, -0.2) is 40.4 Å². The Labute approximate surface area is 150 Å². The summed E-state index contributed by atoms with van der Waals surface area (Å²) in [5.41, 5.74) is -0.906. The van der Waals surface area contributed by atoms with E-state index in [1.54, 1.807) is 53.9 Å². The van der Waals surface area contributed by atoms with Gasteiger partial charge in [0.15, 0.2) is 0 Å². The van der Waals surface area contributed by atoms with Gasteiger partial charge in [0.25, 0.3) is 10.0 Å². The summed E-state index contributed by atoms with van der Waals surface area (Å²) in [5.74, 6) is 0.0297. The van der Waals surface area contributed by atoms with Gasteiger partial charge in [-0.15, -0.1) is 4.40 Å². The first-order chi connectivity index (χ1) is 11.3. The fourth-order valence-corrected chi connectivity index (χ4v) is 4.08. The van der Waals surface area contributed by atoms with Crippen LogP contribution in [0.1, 0.15) is 65.9 Å². The maximum atomic E-state index is 12.6. The average molecular weight is 368 g/mol. The largest absolute Gasteiger partial charge is 0.472 e. The van der Waals surface area contributed by atoms with Crippen molar-refractivity contribution in [1.82, 2.24) is 4.98 Å². The molecule has 6 nitrogen and oxygen atoms in total. The minimum absolute atomic E-state index is 0.153. The second-order valence-corrected chi connectivity index (χ2v) is 10.4. The summed E-state index contributed by atoms with van der Waals surface area (Å²) in [6, 6.07) is 3.73. The molecule has 1 atom stereocenters. The Hall–Kier alpha value is -1.47. The van der Waals surface area contributed by atoms with Crippen LogP contribution in [0, 0.1) is 0 Å². The molecule has 0 amide bonds. The molecule has 1 aromatic heterocycles. The molecule has 0 saturated heterocycles. The molecular formula is C18H28N2O4S. The SMILES string of the molecule is CC(C)(O)C[C@H](CC1=NS(=O)(=O)C(C)(C)C(C)(C)O1)c1cccnc1. The van der Waals surface area contributed by atoms with Gasteiger partial charge >= 0.3 is 0 Å². The summed E-state index contributed by atoms with van der Waals surface area (Å²) in [6.45, 7) is 10.2. The van der Waals surface area contributed by atoms with E-state index in [1.807, 2.05) is 12.1 Å². The van der Waals surface area contributed by atoms with E-state index in [2.05, 4.69) is 9.38 Å². The van der Waals surface area contributed by atoms with Crippen LogP contribution in [0.2, 0.25) is 0 Å². The lowest BCUT2D eigenvalue weighted by molar-refractivity contribution is 0.0455. The topological polar surface area (TPSA) is 88.9 Å². The number of hydrogen-bond acceptors (Lipinski definition) is 5. The van der Waals surface area contributed by atoms with Gasteiger partial charge in [-0.05, 0) is 65.5 Å². The normalized spacial score (nSPS) is 22.6. The zero-order valence-corrected chi connectivity index (χ0v) is 16.6. The van der Waals surface area contributed by atoms with E-state index in [-0.39, 0.29) is 18.2 Å². The Kier molecular flexibility index (Phi) is 5.05. The molecule has 0 radical (unpaired) electrons. The number of hydrogen-bond donors (Lipinski definition) is 1. The van der Waals surface area contributed by atoms with Crippen LogP contribution < -0.4 is 0 Å². The molecule has 2 rings (SSSR count). The monoisotopic (exact) mass is 368 g/mol. The molecule has 140 valence electrons. The van der Waals surface area contributed by atoms with Crippen LogP contribution >= 0.6 is 0 Å². The van der Waals surface area contributed by atoms with Crippen molar-refractivity contribution in [2.45, 2.75) is 76.3 Å². The van der Waals surface area contributed by atoms with Gasteiger partial charge in [-0.1, -0.05) is 6.07 Å². The first-order valence-electron chi connectivity index (χ1n) is 8.40. The smallest absolute Gasteiger partial charge is 0.265 e. The molecule has 1 aromatic rings. The van der Waals surface area contributed by atoms with Crippen molar-refractivity contribution in [1.29, 1.82) is 0 Å². The van der Waals surface area contributed by atoms with Crippen LogP contribution in [-0.2, 0) is 14.8 Å². The average Bonchev–Trinajstić information content (AvgIpc) is 2.43. The number of ether oxygens (including phenoxy) is 1. The maximum absolute atomic E-state index is 12.6. The molecule has 0 aliphatic carbocycles. The van der Waals surface area contributed by atoms with Crippen LogP contribution in [0.15, 0.2) is 28.9 Å². The summed E-state index contributed by atoms with van der Waals surface area (Å²) in [5, 5.41) is 10.2. The first kappa shape index (κ1) is 19.8. The lowest BCUT2D eigenvalue weighted by atomic mass is 9.86. The van der Waals surface area contributed by atoms with Crippen LogP contribution in [0.25, 0.3) is 0 Å². The second-order valence-electron chi connectivity index (χ2n) is 8.29. The third-order valence-electron chi connectivity index (χ3n) is 5.01. The number of nitrogens with zero attached hydrogens (tertiary/aromatic N) is 2. The van der Waals surface area contributed by atoms with Gasteiger partial charge in [0, 0.05) is 18.8 Å². The zero-order chi connectivity index (χ0) is 19.1. The summed E-state index contributed by atoms with van der Waals surface area (Å²) in [7, 11) is -3.70. The quantitative estimate of drug-likeness (QED) is 0.863. The third kappa shape index (κ3) is 4.20. The Morgan fingerprint density at radius 2 is 1.92 bits per heavy atom. The fourth-order valence-electron chi connectivity index (χ4n) is 2.81. The van der Waals surface area contributed by atoms with Crippen molar-refractivity contribution in [3.05, 3.63) is 30.1 Å². The summed E-state index contributed by atoms with van der Waals surface area (Å²) in [6.07, 6.45) is 4.12. The minimum atomic E-state index is -3.70. The van der Waals surface area contributed by atoms with Gasteiger partial charge in [-0.2, -0.15) is 0 Å². The van der Waals surface area contributed by atoms with E-state index in [0.717, 1.165) is 5.56 Å². The predicted octanol–water partition coefficient (Wildman–Crippen LogP) is 3.03. The molecule has 0 aromatic carbocycles. The Bertz CT molecular complexity index is 747. The van der Waals surface area contributed by atoms with E-state index in [1.165, 1.54) is 0 Å². The Balaban J connectivity index is 2.38. The number of aromatic nitrogens is 1. The molecule has 2 heterocycles. The minimum Gasteiger partial charge on any atom is -0.472 e. The molecule has 1 N–H and O–H groups in total. The van der Waals surface area contributed by atoms with E-state index in [9.17, 15) is 13.5 Å². The number of pyridine rings is 1. The highest BCUT2D eigenvalue weighted by Crippen LogP contribution is 2.40. The fraction of sp³-hybridized carbons (Fsp3) is 0.667. The molecule has 0 saturated carbocycles. The van der Waals surface area contributed by atoms with Crippen molar-refractivity contribution in [3.63, 3.8) is 0 Å². The Morgan fingerprint density at radius 3 is 2.40 bits per heavy atom. The number of sulfonamides is 1. The van der Waals surface area contributed by atoms with Gasteiger partial charge < -0.3 is 9.84 Å². The first-order valence-corrected chi connectivity index (χ1v) is 9.84. The van der Waals surface area contributed by atoms with Gasteiger partial charge in [0.1, 0.15) is 10.3 Å². The highest BCUT2D eigenvalue weighted by atomic mass is 32.2. The second kappa shape index (κ2) is 6.36. The molecular weight excluding hydrogens is 340 g/mol. The van der Waals surface area contributed by atoms with Crippen molar-refractivity contribution in [2.24, 2.45) is 4.40 Å². The van der Waals surface area contributed by atoms with E-state index >= 15 is 0 Å². The van der Waals surface area contributed by atoms with Crippen molar-refractivity contribution in [2.75, 3.05) is 0 Å². The molecule has 0 fully saturated rings. The van der Waals surface area contributed by atoms with Gasteiger partial charge in [-0.3, -0.25) is 4.98 Å². The van der Waals surface area contributed by atoms with Crippen molar-refractivity contribution in [3.8, 4) is 0 Å². The van der Waals surface area contributed by atoms with Crippen molar-refractivity contribution < 1.29 is 18.3 Å². The molecule has 1 aliphatic rings. The highest BCUT2D eigenvalue weighted by Gasteiger charge is 2.53. The van der Waals surface area contributed by atoms with Gasteiger partial charge in [0.05, 0.1) is 5.60 Å². The highest BCUT2D eigenvalue weighted by molar-refractivity contribution is 7.91. The van der Waals surface area contributed by atoms with Crippen LogP contribution in [0.4, 0.5) is 0 Å². The van der Waals surface area contributed by atoms with Gasteiger partial charge in [0.2, 0.25) is 5.90 Å². The summed E-state index contributed by atoms with van der Waals surface area (Å²) >= 11 is 0. The van der Waals surface area contributed by atoms with Crippen LogP contribution in [0.5, 0.6) is 0 Å². The molecule has 0 spiro atoms.